The molecule has 2 aliphatic heterocycles. The first-order valence-electron chi connectivity index (χ1n) is 5.30. The molecule has 3 heterocycles. The fourth-order valence-corrected chi connectivity index (χ4v) is 3.00. The average Bonchev–Trinajstić information content (AvgIpc) is 2.76. The van der Waals surface area contributed by atoms with Crippen LogP contribution in [-0.2, 0) is 0 Å². The van der Waals surface area contributed by atoms with E-state index in [1.54, 1.807) is 6.07 Å². The normalized spacial score (nSPS) is 38.5. The smallest absolute Gasteiger partial charge is 0.129 e. The number of nitrogens with one attached hydrogen (secondary N) is 1. The number of hydrogen-bond acceptors (Lipinski definition) is 3. The molecule has 2 aliphatic rings. The fraction of sp³-hybridized carbons (Fsp3) is 0.545. The Bertz CT molecular complexity index is 385. The van der Waals surface area contributed by atoms with Crippen LogP contribution in [0.5, 0.6) is 0 Å². The van der Waals surface area contributed by atoms with E-state index in [-0.39, 0.29) is 12.1 Å². The van der Waals surface area contributed by atoms with Crippen LogP contribution in [0, 0.1) is 0 Å². The summed E-state index contributed by atoms with van der Waals surface area (Å²) in [4.78, 5) is 4.32. The van der Waals surface area contributed by atoms with Crippen molar-refractivity contribution in [3.63, 3.8) is 0 Å². The third-order valence-electron chi connectivity index (χ3n) is 3.46. The van der Waals surface area contributed by atoms with Crippen molar-refractivity contribution in [2.75, 3.05) is 0 Å². The van der Waals surface area contributed by atoms with Crippen molar-refractivity contribution >= 4 is 11.6 Å². The lowest BCUT2D eigenvalue weighted by Gasteiger charge is -2.23. The lowest BCUT2D eigenvalue weighted by Crippen LogP contribution is -2.32. The van der Waals surface area contributed by atoms with E-state index in [0.29, 0.717) is 17.1 Å². The van der Waals surface area contributed by atoms with Crippen LogP contribution >= 0.6 is 11.6 Å². The van der Waals surface area contributed by atoms with Gasteiger partial charge in [0.15, 0.2) is 0 Å². The van der Waals surface area contributed by atoms with Gasteiger partial charge in [-0.3, -0.25) is 0 Å². The Morgan fingerprint density at radius 3 is 2.93 bits per heavy atom. The summed E-state index contributed by atoms with van der Waals surface area (Å²) in [7, 11) is 0. The highest BCUT2D eigenvalue weighted by molar-refractivity contribution is 6.29. The standard InChI is InChI=1S/C11H13ClN2O/c12-10-3-1-2-8(14-10)7-4-6-5-9(15)11(7)13-6/h1-3,6-7,9,11,13,15H,4-5H2/t6-,7-,9+,11+/m0/s1. The zero-order chi connectivity index (χ0) is 10.4. The van der Waals surface area contributed by atoms with Gasteiger partial charge in [0.1, 0.15) is 5.15 Å². The second-order valence-electron chi connectivity index (χ2n) is 4.42. The van der Waals surface area contributed by atoms with E-state index in [2.05, 4.69) is 10.3 Å². The lowest BCUT2D eigenvalue weighted by molar-refractivity contribution is 0.135. The van der Waals surface area contributed by atoms with Gasteiger partial charge in [-0.1, -0.05) is 17.7 Å². The second-order valence-corrected chi connectivity index (χ2v) is 4.81. The first kappa shape index (κ1) is 9.58. The number of fused-ring (bicyclic) bond motifs is 2. The van der Waals surface area contributed by atoms with E-state index in [0.717, 1.165) is 18.5 Å². The average molecular weight is 225 g/mol. The van der Waals surface area contributed by atoms with Crippen molar-refractivity contribution < 1.29 is 5.11 Å². The zero-order valence-corrected chi connectivity index (χ0v) is 8.98. The Labute approximate surface area is 93.5 Å². The molecule has 2 N–H and O–H groups in total. The van der Waals surface area contributed by atoms with Crippen LogP contribution in [0.4, 0.5) is 0 Å². The maximum atomic E-state index is 9.80. The Balaban J connectivity index is 1.90. The topological polar surface area (TPSA) is 45.2 Å². The molecule has 0 aliphatic carbocycles. The number of pyridine rings is 1. The fourth-order valence-electron chi connectivity index (χ4n) is 2.83. The highest BCUT2D eigenvalue weighted by Gasteiger charge is 2.46. The SMILES string of the molecule is O[C@@H]1C[C@@H]2C[C@@H](c3cccc(Cl)n3)[C@H]1N2. The molecule has 1 aromatic heterocycles. The summed E-state index contributed by atoms with van der Waals surface area (Å²) >= 11 is 5.87. The quantitative estimate of drug-likeness (QED) is 0.708. The van der Waals surface area contributed by atoms with Gasteiger partial charge in [0.2, 0.25) is 0 Å². The molecular weight excluding hydrogens is 212 g/mol. The largest absolute Gasteiger partial charge is 0.391 e. The van der Waals surface area contributed by atoms with E-state index in [4.69, 9.17) is 11.6 Å². The minimum Gasteiger partial charge on any atom is -0.391 e. The molecule has 80 valence electrons. The highest BCUT2D eigenvalue weighted by atomic mass is 35.5. The summed E-state index contributed by atoms with van der Waals surface area (Å²) in [6.45, 7) is 0. The second kappa shape index (κ2) is 3.44. The van der Waals surface area contributed by atoms with Crippen molar-refractivity contribution in [1.29, 1.82) is 0 Å². The number of aromatic nitrogens is 1. The van der Waals surface area contributed by atoms with Gasteiger partial charge >= 0.3 is 0 Å². The van der Waals surface area contributed by atoms with Gasteiger partial charge in [-0.25, -0.2) is 4.98 Å². The van der Waals surface area contributed by atoms with Gasteiger partial charge < -0.3 is 10.4 Å². The van der Waals surface area contributed by atoms with Crippen LogP contribution in [0.2, 0.25) is 5.15 Å². The molecule has 2 saturated heterocycles. The third kappa shape index (κ3) is 1.55. The molecule has 0 radical (unpaired) electrons. The van der Waals surface area contributed by atoms with Crippen molar-refractivity contribution in [2.45, 2.75) is 36.9 Å². The summed E-state index contributed by atoms with van der Waals surface area (Å²) in [5, 5.41) is 13.7. The summed E-state index contributed by atoms with van der Waals surface area (Å²) in [6.07, 6.45) is 1.71. The number of aliphatic hydroxyl groups is 1. The molecule has 0 amide bonds. The molecule has 0 saturated carbocycles. The number of aliphatic hydroxyl groups excluding tert-OH is 1. The molecule has 3 rings (SSSR count). The van der Waals surface area contributed by atoms with Crippen LogP contribution < -0.4 is 5.32 Å². The molecule has 2 bridgehead atoms. The van der Waals surface area contributed by atoms with Crippen LogP contribution in [0.25, 0.3) is 0 Å². The molecule has 15 heavy (non-hydrogen) atoms. The predicted molar refractivity (Wildman–Crippen MR) is 57.9 cm³/mol. The van der Waals surface area contributed by atoms with Crippen molar-refractivity contribution in [1.82, 2.24) is 10.3 Å². The van der Waals surface area contributed by atoms with Crippen LogP contribution in [0.1, 0.15) is 24.5 Å². The van der Waals surface area contributed by atoms with Crippen molar-refractivity contribution in [3.05, 3.63) is 29.0 Å². The van der Waals surface area contributed by atoms with Crippen molar-refractivity contribution in [3.8, 4) is 0 Å². The van der Waals surface area contributed by atoms with Gasteiger partial charge in [-0.05, 0) is 25.0 Å². The number of hydrogen-bond donors (Lipinski definition) is 2. The van der Waals surface area contributed by atoms with E-state index in [9.17, 15) is 5.11 Å². The van der Waals surface area contributed by atoms with Crippen LogP contribution in [0.3, 0.4) is 0 Å². The Morgan fingerprint density at radius 1 is 1.40 bits per heavy atom. The van der Waals surface area contributed by atoms with E-state index >= 15 is 0 Å². The van der Waals surface area contributed by atoms with Gasteiger partial charge in [-0.15, -0.1) is 0 Å². The van der Waals surface area contributed by atoms with E-state index in [1.807, 2.05) is 12.1 Å². The summed E-state index contributed by atoms with van der Waals surface area (Å²) < 4.78 is 0. The van der Waals surface area contributed by atoms with Crippen LogP contribution in [0.15, 0.2) is 18.2 Å². The minimum absolute atomic E-state index is 0.168. The van der Waals surface area contributed by atoms with Gasteiger partial charge in [0.05, 0.1) is 6.10 Å². The summed E-state index contributed by atoms with van der Waals surface area (Å²) in [5.41, 5.74) is 1.00. The first-order valence-corrected chi connectivity index (χ1v) is 5.68. The van der Waals surface area contributed by atoms with Crippen LogP contribution in [-0.4, -0.2) is 28.3 Å². The zero-order valence-electron chi connectivity index (χ0n) is 8.23. The number of nitrogens with zero attached hydrogens (tertiary/aromatic N) is 1. The first-order chi connectivity index (χ1) is 7.24. The maximum Gasteiger partial charge on any atom is 0.129 e. The number of rotatable bonds is 1. The monoisotopic (exact) mass is 224 g/mol. The van der Waals surface area contributed by atoms with E-state index < -0.39 is 0 Å². The van der Waals surface area contributed by atoms with Gasteiger partial charge in [0.25, 0.3) is 0 Å². The van der Waals surface area contributed by atoms with Gasteiger partial charge in [0, 0.05) is 23.7 Å². The molecule has 0 spiro atoms. The molecule has 3 nitrogen and oxygen atoms in total. The molecule has 4 atom stereocenters. The third-order valence-corrected chi connectivity index (χ3v) is 3.67. The molecule has 0 aromatic carbocycles. The Hall–Kier alpha value is -0.640. The molecule has 1 aromatic rings. The molecular formula is C11H13ClN2O. The van der Waals surface area contributed by atoms with Gasteiger partial charge in [-0.2, -0.15) is 0 Å². The summed E-state index contributed by atoms with van der Waals surface area (Å²) in [6, 6.07) is 6.31. The minimum atomic E-state index is -0.227. The lowest BCUT2D eigenvalue weighted by atomic mass is 9.85. The maximum absolute atomic E-state index is 9.80. The number of halogens is 1. The molecule has 4 heteroatoms. The molecule has 0 unspecified atom stereocenters. The molecule has 2 fully saturated rings. The highest BCUT2D eigenvalue weighted by Crippen LogP contribution is 2.39. The predicted octanol–water partition coefficient (Wildman–Crippen LogP) is 1.31. The van der Waals surface area contributed by atoms with Crippen molar-refractivity contribution in [2.24, 2.45) is 0 Å². The van der Waals surface area contributed by atoms with E-state index in [1.165, 1.54) is 0 Å². The summed E-state index contributed by atoms with van der Waals surface area (Å²) in [5.74, 6) is 0.317. The Morgan fingerprint density at radius 2 is 2.27 bits per heavy atom. The Kier molecular flexibility index (Phi) is 2.20.